The van der Waals surface area contributed by atoms with E-state index in [0.717, 1.165) is 36.4 Å². The summed E-state index contributed by atoms with van der Waals surface area (Å²) < 4.78 is 11.4. The highest BCUT2D eigenvalue weighted by atomic mass is 16.5. The Balaban J connectivity index is 2.59. The fourth-order valence-corrected chi connectivity index (χ4v) is 1.94. The maximum atomic E-state index is 5.90. The van der Waals surface area contributed by atoms with Crippen LogP contribution >= 0.6 is 0 Å². The first-order chi connectivity index (χ1) is 10.0. The summed E-state index contributed by atoms with van der Waals surface area (Å²) in [6.07, 6.45) is 3.76. The summed E-state index contributed by atoms with van der Waals surface area (Å²) in [4.78, 5) is 0. The minimum atomic E-state index is 0.159. The third-order valence-corrected chi connectivity index (χ3v) is 3.55. The number of allylic oxidation sites excluding steroid dienone is 1. The molecular formula is C18H29NO2. The maximum Gasteiger partial charge on any atom is 0.123 e. The van der Waals surface area contributed by atoms with E-state index in [1.807, 2.05) is 31.2 Å². The van der Waals surface area contributed by atoms with E-state index in [0.29, 0.717) is 13.2 Å². The normalized spacial score (nSPS) is 11.2. The van der Waals surface area contributed by atoms with Crippen LogP contribution in [0.5, 0.6) is 11.5 Å². The second-order valence-corrected chi connectivity index (χ2v) is 5.71. The molecule has 0 spiro atoms. The van der Waals surface area contributed by atoms with Gasteiger partial charge in [0.05, 0.1) is 6.61 Å². The van der Waals surface area contributed by atoms with Gasteiger partial charge in [-0.15, -0.1) is 6.58 Å². The molecule has 0 aliphatic rings. The van der Waals surface area contributed by atoms with Crippen LogP contribution in [0.3, 0.4) is 0 Å². The van der Waals surface area contributed by atoms with Gasteiger partial charge in [-0.05, 0) is 51.8 Å². The molecule has 21 heavy (non-hydrogen) atoms. The molecule has 0 saturated carbocycles. The van der Waals surface area contributed by atoms with E-state index in [1.165, 1.54) is 0 Å². The number of ether oxygens (including phenoxy) is 2. The van der Waals surface area contributed by atoms with Gasteiger partial charge >= 0.3 is 0 Å². The van der Waals surface area contributed by atoms with Crippen LogP contribution in [-0.4, -0.2) is 25.3 Å². The van der Waals surface area contributed by atoms with Crippen molar-refractivity contribution in [1.29, 1.82) is 0 Å². The average molecular weight is 291 g/mol. The van der Waals surface area contributed by atoms with Crippen molar-refractivity contribution in [3.63, 3.8) is 0 Å². The molecular weight excluding hydrogens is 262 g/mol. The molecule has 0 bridgehead atoms. The molecule has 0 heterocycles. The van der Waals surface area contributed by atoms with Crippen LogP contribution in [0.4, 0.5) is 0 Å². The quantitative estimate of drug-likeness (QED) is 0.522. The summed E-state index contributed by atoms with van der Waals surface area (Å²) in [6, 6.07) is 5.97. The van der Waals surface area contributed by atoms with Crippen LogP contribution in [0, 0.1) is 0 Å². The first-order valence-corrected chi connectivity index (χ1v) is 7.77. The standard InChI is InChI=1S/C18H29NO2/c1-6-9-15-14-16(20-8-3)10-11-17(15)21-13-12-19-18(4,5)7-2/h6,10-11,14,19H,1,7-9,12-13H2,2-5H3. The Hall–Kier alpha value is -1.48. The predicted octanol–water partition coefficient (Wildman–Crippen LogP) is 3.97. The zero-order valence-electron chi connectivity index (χ0n) is 13.9. The Morgan fingerprint density at radius 1 is 1.24 bits per heavy atom. The maximum absolute atomic E-state index is 5.90. The van der Waals surface area contributed by atoms with Gasteiger partial charge in [0.1, 0.15) is 18.1 Å². The summed E-state index contributed by atoms with van der Waals surface area (Å²) in [5.41, 5.74) is 1.28. The molecule has 3 nitrogen and oxygen atoms in total. The minimum absolute atomic E-state index is 0.159. The lowest BCUT2D eigenvalue weighted by molar-refractivity contribution is 0.278. The number of benzene rings is 1. The van der Waals surface area contributed by atoms with Crippen molar-refractivity contribution in [3.05, 3.63) is 36.4 Å². The van der Waals surface area contributed by atoms with Crippen LogP contribution < -0.4 is 14.8 Å². The van der Waals surface area contributed by atoms with Crippen molar-refractivity contribution in [2.24, 2.45) is 0 Å². The van der Waals surface area contributed by atoms with Gasteiger partial charge in [-0.2, -0.15) is 0 Å². The van der Waals surface area contributed by atoms with E-state index < -0.39 is 0 Å². The van der Waals surface area contributed by atoms with Gasteiger partial charge < -0.3 is 14.8 Å². The molecule has 0 aliphatic carbocycles. The Kier molecular flexibility index (Phi) is 7.30. The molecule has 0 saturated heterocycles. The fraction of sp³-hybridized carbons (Fsp3) is 0.556. The van der Waals surface area contributed by atoms with Gasteiger partial charge in [0, 0.05) is 17.6 Å². The molecule has 1 aromatic carbocycles. The van der Waals surface area contributed by atoms with Crippen LogP contribution in [0.2, 0.25) is 0 Å². The number of hydrogen-bond donors (Lipinski definition) is 1. The van der Waals surface area contributed by atoms with E-state index in [4.69, 9.17) is 9.47 Å². The van der Waals surface area contributed by atoms with E-state index in [9.17, 15) is 0 Å². The van der Waals surface area contributed by atoms with Gasteiger partial charge in [-0.3, -0.25) is 0 Å². The van der Waals surface area contributed by atoms with Crippen LogP contribution in [0.15, 0.2) is 30.9 Å². The Morgan fingerprint density at radius 2 is 2.00 bits per heavy atom. The zero-order valence-corrected chi connectivity index (χ0v) is 13.9. The molecule has 0 aliphatic heterocycles. The monoisotopic (exact) mass is 291 g/mol. The molecule has 0 amide bonds. The van der Waals surface area contributed by atoms with E-state index in [1.54, 1.807) is 0 Å². The summed E-state index contributed by atoms with van der Waals surface area (Å²) in [7, 11) is 0. The summed E-state index contributed by atoms with van der Waals surface area (Å²) in [6.45, 7) is 14.5. The smallest absolute Gasteiger partial charge is 0.123 e. The number of rotatable bonds is 10. The van der Waals surface area contributed by atoms with Crippen molar-refractivity contribution in [2.45, 2.75) is 46.1 Å². The summed E-state index contributed by atoms with van der Waals surface area (Å²) in [5, 5.41) is 3.49. The molecule has 3 heteroatoms. The molecule has 0 unspecified atom stereocenters. The molecule has 1 rings (SSSR count). The molecule has 118 valence electrons. The predicted molar refractivity (Wildman–Crippen MR) is 89.4 cm³/mol. The first kappa shape index (κ1) is 17.6. The number of hydrogen-bond acceptors (Lipinski definition) is 3. The van der Waals surface area contributed by atoms with Crippen LogP contribution in [-0.2, 0) is 6.42 Å². The Labute approximate surface area is 129 Å². The third kappa shape index (κ3) is 6.21. The van der Waals surface area contributed by atoms with Crippen LogP contribution in [0.1, 0.15) is 39.7 Å². The largest absolute Gasteiger partial charge is 0.494 e. The number of nitrogens with one attached hydrogen (secondary N) is 1. The summed E-state index contributed by atoms with van der Waals surface area (Å²) in [5.74, 6) is 1.79. The van der Waals surface area contributed by atoms with E-state index in [-0.39, 0.29) is 5.54 Å². The van der Waals surface area contributed by atoms with Gasteiger partial charge in [0.2, 0.25) is 0 Å². The topological polar surface area (TPSA) is 30.5 Å². The lowest BCUT2D eigenvalue weighted by atomic mass is 10.0. The van der Waals surface area contributed by atoms with Crippen LogP contribution in [0.25, 0.3) is 0 Å². The van der Waals surface area contributed by atoms with Crippen molar-refractivity contribution in [1.82, 2.24) is 5.32 Å². The van der Waals surface area contributed by atoms with Crippen molar-refractivity contribution in [3.8, 4) is 11.5 Å². The molecule has 0 aromatic heterocycles. The zero-order chi connectivity index (χ0) is 15.7. The highest BCUT2D eigenvalue weighted by Gasteiger charge is 2.13. The van der Waals surface area contributed by atoms with Crippen molar-refractivity contribution in [2.75, 3.05) is 19.8 Å². The van der Waals surface area contributed by atoms with Gasteiger partial charge in [-0.1, -0.05) is 13.0 Å². The SMILES string of the molecule is C=CCc1cc(OCC)ccc1OCCNC(C)(C)CC. The van der Waals surface area contributed by atoms with Crippen molar-refractivity contribution < 1.29 is 9.47 Å². The van der Waals surface area contributed by atoms with Gasteiger partial charge in [-0.25, -0.2) is 0 Å². The lowest BCUT2D eigenvalue weighted by Crippen LogP contribution is -2.40. The Bertz CT molecular complexity index is 441. The average Bonchev–Trinajstić information content (AvgIpc) is 2.46. The minimum Gasteiger partial charge on any atom is -0.494 e. The first-order valence-electron chi connectivity index (χ1n) is 7.77. The molecule has 0 radical (unpaired) electrons. The summed E-state index contributed by atoms with van der Waals surface area (Å²) >= 11 is 0. The second-order valence-electron chi connectivity index (χ2n) is 5.71. The van der Waals surface area contributed by atoms with Gasteiger partial charge in [0.15, 0.2) is 0 Å². The van der Waals surface area contributed by atoms with Crippen molar-refractivity contribution >= 4 is 0 Å². The fourth-order valence-electron chi connectivity index (χ4n) is 1.94. The molecule has 1 aromatic rings. The van der Waals surface area contributed by atoms with Gasteiger partial charge in [0.25, 0.3) is 0 Å². The highest BCUT2D eigenvalue weighted by molar-refractivity contribution is 5.41. The third-order valence-electron chi connectivity index (χ3n) is 3.55. The van der Waals surface area contributed by atoms with E-state index in [2.05, 4.69) is 32.7 Å². The molecule has 0 atom stereocenters. The highest BCUT2D eigenvalue weighted by Crippen LogP contribution is 2.25. The lowest BCUT2D eigenvalue weighted by Gasteiger charge is -2.24. The Morgan fingerprint density at radius 3 is 2.62 bits per heavy atom. The molecule has 1 N–H and O–H groups in total. The molecule has 0 fully saturated rings. The second kappa shape index (κ2) is 8.73. The van der Waals surface area contributed by atoms with E-state index >= 15 is 0 Å².